The molecule has 27 heavy (non-hydrogen) atoms. The predicted molar refractivity (Wildman–Crippen MR) is 112 cm³/mol. The molecule has 138 valence electrons. The number of hydrogen-bond acceptors (Lipinski definition) is 4. The summed E-state index contributed by atoms with van der Waals surface area (Å²) in [6, 6.07) is 12.8. The van der Waals surface area contributed by atoms with Crippen molar-refractivity contribution in [2.45, 2.75) is 25.4 Å². The molecule has 1 N–H and O–H groups in total. The summed E-state index contributed by atoms with van der Waals surface area (Å²) >= 11 is 7.92. The first-order chi connectivity index (χ1) is 13.1. The summed E-state index contributed by atoms with van der Waals surface area (Å²) < 4.78 is 5.91. The SMILES string of the molecule is COC(=O)C=Cc1ccc2c(c1)CCC2NCc1csc2ccc(Cl)cc12. The number of carbonyl (C=O) groups excluding carboxylic acids is 1. The minimum Gasteiger partial charge on any atom is -0.466 e. The molecular weight excluding hydrogens is 378 g/mol. The lowest BCUT2D eigenvalue weighted by Gasteiger charge is -2.14. The summed E-state index contributed by atoms with van der Waals surface area (Å²) in [4.78, 5) is 11.3. The monoisotopic (exact) mass is 397 g/mol. The third-order valence-electron chi connectivity index (χ3n) is 5.01. The van der Waals surface area contributed by atoms with Gasteiger partial charge in [-0.05, 0) is 70.1 Å². The van der Waals surface area contributed by atoms with Crippen LogP contribution >= 0.6 is 22.9 Å². The van der Waals surface area contributed by atoms with Gasteiger partial charge in [0.1, 0.15) is 0 Å². The molecule has 1 aromatic heterocycles. The van der Waals surface area contributed by atoms with Crippen LogP contribution in [0.15, 0.2) is 47.9 Å². The highest BCUT2D eigenvalue weighted by Gasteiger charge is 2.22. The number of benzene rings is 2. The zero-order valence-electron chi connectivity index (χ0n) is 15.0. The van der Waals surface area contributed by atoms with Crippen molar-refractivity contribution in [3.63, 3.8) is 0 Å². The second-order valence-electron chi connectivity index (χ2n) is 6.69. The van der Waals surface area contributed by atoms with Crippen LogP contribution < -0.4 is 5.32 Å². The van der Waals surface area contributed by atoms with Gasteiger partial charge in [-0.1, -0.05) is 29.8 Å². The van der Waals surface area contributed by atoms with Gasteiger partial charge in [0.25, 0.3) is 0 Å². The number of rotatable bonds is 5. The van der Waals surface area contributed by atoms with Crippen molar-refractivity contribution in [2.75, 3.05) is 7.11 Å². The highest BCUT2D eigenvalue weighted by Crippen LogP contribution is 2.34. The molecule has 1 heterocycles. The molecule has 0 radical (unpaired) electrons. The molecule has 0 saturated heterocycles. The number of thiophene rings is 1. The van der Waals surface area contributed by atoms with Gasteiger partial charge in [0.05, 0.1) is 7.11 Å². The molecule has 1 aliphatic rings. The molecular formula is C22H20ClNO2S. The van der Waals surface area contributed by atoms with Gasteiger partial charge in [0.15, 0.2) is 0 Å². The Labute approximate surface area is 167 Å². The molecule has 3 aromatic rings. The lowest BCUT2D eigenvalue weighted by Crippen LogP contribution is -2.18. The van der Waals surface area contributed by atoms with Gasteiger partial charge in [-0.3, -0.25) is 0 Å². The summed E-state index contributed by atoms with van der Waals surface area (Å²) in [5.74, 6) is -0.335. The maximum atomic E-state index is 11.3. The fourth-order valence-electron chi connectivity index (χ4n) is 3.61. The first-order valence-corrected chi connectivity index (χ1v) is 10.2. The Morgan fingerprint density at radius 2 is 2.22 bits per heavy atom. The molecule has 3 nitrogen and oxygen atoms in total. The van der Waals surface area contributed by atoms with E-state index >= 15 is 0 Å². The van der Waals surface area contributed by atoms with Gasteiger partial charge in [-0.2, -0.15) is 0 Å². The van der Waals surface area contributed by atoms with Crippen molar-refractivity contribution in [1.29, 1.82) is 0 Å². The Bertz CT molecular complexity index is 1020. The summed E-state index contributed by atoms with van der Waals surface area (Å²) in [5, 5.41) is 7.93. The van der Waals surface area contributed by atoms with Gasteiger partial charge < -0.3 is 10.1 Å². The summed E-state index contributed by atoms with van der Waals surface area (Å²) in [6.07, 6.45) is 5.39. The Kier molecular flexibility index (Phi) is 5.30. The molecule has 1 aliphatic carbocycles. The molecule has 1 unspecified atom stereocenters. The summed E-state index contributed by atoms with van der Waals surface area (Å²) in [5.41, 5.74) is 5.02. The van der Waals surface area contributed by atoms with Crippen molar-refractivity contribution in [1.82, 2.24) is 5.32 Å². The minimum atomic E-state index is -0.335. The Hall–Kier alpha value is -2.14. The van der Waals surface area contributed by atoms with Crippen LogP contribution in [0.2, 0.25) is 5.02 Å². The first-order valence-electron chi connectivity index (χ1n) is 8.92. The maximum absolute atomic E-state index is 11.3. The normalized spacial score (nSPS) is 16.1. The summed E-state index contributed by atoms with van der Waals surface area (Å²) in [6.45, 7) is 0.828. The number of fused-ring (bicyclic) bond motifs is 2. The van der Waals surface area contributed by atoms with Gasteiger partial charge in [0, 0.05) is 28.4 Å². The van der Waals surface area contributed by atoms with Crippen LogP contribution in [0.1, 0.15) is 34.7 Å². The van der Waals surface area contributed by atoms with E-state index in [2.05, 4.69) is 39.7 Å². The first kappa shape index (κ1) is 18.2. The molecule has 5 heteroatoms. The van der Waals surface area contributed by atoms with Gasteiger partial charge >= 0.3 is 5.97 Å². The van der Waals surface area contributed by atoms with Crippen molar-refractivity contribution in [2.24, 2.45) is 0 Å². The number of esters is 1. The van der Waals surface area contributed by atoms with Gasteiger partial charge in [-0.25, -0.2) is 4.79 Å². The number of methoxy groups -OCH3 is 1. The molecule has 0 bridgehead atoms. The van der Waals surface area contributed by atoms with E-state index in [-0.39, 0.29) is 5.97 Å². The molecule has 0 saturated carbocycles. The van der Waals surface area contributed by atoms with Crippen LogP contribution in [0, 0.1) is 0 Å². The minimum absolute atomic E-state index is 0.335. The van der Waals surface area contributed by atoms with Crippen LogP contribution in [0.4, 0.5) is 0 Å². The number of aryl methyl sites for hydroxylation is 1. The van der Waals surface area contributed by atoms with E-state index in [0.717, 1.165) is 30.0 Å². The van der Waals surface area contributed by atoms with Crippen molar-refractivity contribution >= 4 is 45.1 Å². The molecule has 1 atom stereocenters. The molecule has 0 aliphatic heterocycles. The average molecular weight is 398 g/mol. The number of halogens is 1. The standard InChI is InChI=1S/C22H20ClNO2S/c1-26-22(25)9-3-14-2-6-18-15(10-14)4-7-20(18)24-12-16-13-27-21-8-5-17(23)11-19(16)21/h2-3,5-6,8-11,13,20,24H,4,7,12H2,1H3. The van der Waals surface area contributed by atoms with E-state index in [9.17, 15) is 4.79 Å². The smallest absolute Gasteiger partial charge is 0.330 e. The molecule has 2 aromatic carbocycles. The largest absolute Gasteiger partial charge is 0.466 e. The van der Waals surface area contributed by atoms with Crippen molar-refractivity contribution in [3.8, 4) is 0 Å². The van der Waals surface area contributed by atoms with E-state index in [0.29, 0.717) is 6.04 Å². The van der Waals surface area contributed by atoms with Gasteiger partial charge in [-0.15, -0.1) is 11.3 Å². The molecule has 0 spiro atoms. The second-order valence-corrected chi connectivity index (χ2v) is 8.04. The molecule has 0 amide bonds. The second kappa shape index (κ2) is 7.85. The Morgan fingerprint density at radius 3 is 3.07 bits per heavy atom. The van der Waals surface area contributed by atoms with Crippen LogP contribution in [0.5, 0.6) is 0 Å². The van der Waals surface area contributed by atoms with Crippen LogP contribution in [0.3, 0.4) is 0 Å². The maximum Gasteiger partial charge on any atom is 0.330 e. The summed E-state index contributed by atoms with van der Waals surface area (Å²) in [7, 11) is 1.39. The highest BCUT2D eigenvalue weighted by atomic mass is 35.5. The van der Waals surface area contributed by atoms with Gasteiger partial charge in [0.2, 0.25) is 0 Å². The van der Waals surface area contributed by atoms with Crippen molar-refractivity contribution in [3.05, 3.63) is 75.1 Å². The van der Waals surface area contributed by atoms with Crippen LogP contribution in [-0.4, -0.2) is 13.1 Å². The fourth-order valence-corrected chi connectivity index (χ4v) is 4.72. The number of nitrogens with one attached hydrogen (secondary N) is 1. The Balaban J connectivity index is 1.47. The van der Waals surface area contributed by atoms with Crippen LogP contribution in [-0.2, 0) is 22.5 Å². The van der Waals surface area contributed by atoms with E-state index in [4.69, 9.17) is 11.6 Å². The fraction of sp³-hybridized carbons (Fsp3) is 0.227. The molecule has 4 rings (SSSR count). The van der Waals surface area contributed by atoms with Crippen molar-refractivity contribution < 1.29 is 9.53 Å². The lowest BCUT2D eigenvalue weighted by atomic mass is 10.0. The van der Waals surface area contributed by atoms with E-state index in [1.54, 1.807) is 17.4 Å². The third-order valence-corrected chi connectivity index (χ3v) is 6.26. The van der Waals surface area contributed by atoms with E-state index in [1.807, 2.05) is 12.1 Å². The predicted octanol–water partition coefficient (Wildman–Crippen LogP) is 5.52. The topological polar surface area (TPSA) is 38.3 Å². The number of ether oxygens (including phenoxy) is 1. The number of hydrogen-bond donors (Lipinski definition) is 1. The quantitative estimate of drug-likeness (QED) is 0.455. The lowest BCUT2D eigenvalue weighted by molar-refractivity contribution is -0.134. The molecule has 0 fully saturated rings. The van der Waals surface area contributed by atoms with Crippen LogP contribution in [0.25, 0.3) is 16.2 Å². The average Bonchev–Trinajstić information content (AvgIpc) is 3.27. The zero-order valence-corrected chi connectivity index (χ0v) is 16.6. The van der Waals surface area contributed by atoms with E-state index in [1.165, 1.54) is 40.0 Å². The van der Waals surface area contributed by atoms with E-state index < -0.39 is 0 Å². The highest BCUT2D eigenvalue weighted by molar-refractivity contribution is 7.17. The Morgan fingerprint density at radius 1 is 1.33 bits per heavy atom. The zero-order chi connectivity index (χ0) is 18.8. The third kappa shape index (κ3) is 3.93. The number of carbonyl (C=O) groups is 1.